The van der Waals surface area contributed by atoms with Crippen LogP contribution < -0.4 is 0 Å². The third-order valence-electron chi connectivity index (χ3n) is 8.85. The van der Waals surface area contributed by atoms with Crippen molar-refractivity contribution < 1.29 is 24.2 Å². The maximum atomic E-state index is 13.4. The molecule has 1 N–H and O–H groups in total. The van der Waals surface area contributed by atoms with Crippen molar-refractivity contribution in [2.24, 2.45) is 5.41 Å². The minimum Gasteiger partial charge on any atom is -0.465 e. The number of aliphatic hydroxyl groups excluding tert-OH is 1. The minimum atomic E-state index is -1.24. The molecule has 0 saturated carbocycles. The lowest BCUT2D eigenvalue weighted by Gasteiger charge is -2.28. The molecule has 0 bridgehead atoms. The Hall–Kier alpha value is -1.14. The predicted molar refractivity (Wildman–Crippen MR) is 181 cm³/mol. The summed E-state index contributed by atoms with van der Waals surface area (Å²) in [6, 6.07) is 0. The first kappa shape index (κ1) is 41.9. The monoisotopic (exact) mass is 612 g/mol. The van der Waals surface area contributed by atoms with Gasteiger partial charge in [-0.1, -0.05) is 124 Å². The fourth-order valence-electron chi connectivity index (χ4n) is 5.66. The van der Waals surface area contributed by atoms with Gasteiger partial charge in [0.25, 0.3) is 0 Å². The average molecular weight is 612 g/mol. The molecular formula is C37H73NO5. The predicted octanol–water partition coefficient (Wildman–Crippen LogP) is 9.79. The maximum absolute atomic E-state index is 13.4. The first-order valence-electron chi connectivity index (χ1n) is 18.6. The third-order valence-corrected chi connectivity index (χ3v) is 8.85. The SMILES string of the molecule is CCCCCCCCCCN(CCCO)CCCCCCC(C)(C(=O)OCCCCCC)C(=O)OC(CC)CCCCC. The third kappa shape index (κ3) is 22.1. The van der Waals surface area contributed by atoms with E-state index in [9.17, 15) is 14.7 Å². The van der Waals surface area contributed by atoms with Crippen molar-refractivity contribution in [1.82, 2.24) is 4.90 Å². The van der Waals surface area contributed by atoms with Gasteiger partial charge in [0.2, 0.25) is 0 Å². The molecular weight excluding hydrogens is 538 g/mol. The van der Waals surface area contributed by atoms with Crippen LogP contribution >= 0.6 is 0 Å². The van der Waals surface area contributed by atoms with Gasteiger partial charge in [-0.05, 0) is 71.4 Å². The van der Waals surface area contributed by atoms with Crippen LogP contribution in [0, 0.1) is 5.41 Å². The molecule has 0 heterocycles. The second-order valence-corrected chi connectivity index (χ2v) is 13.0. The molecule has 0 fully saturated rings. The number of ether oxygens (including phenoxy) is 2. The normalized spacial score (nSPS) is 13.7. The van der Waals surface area contributed by atoms with E-state index in [2.05, 4.69) is 25.7 Å². The van der Waals surface area contributed by atoms with E-state index in [1.165, 1.54) is 51.4 Å². The topological polar surface area (TPSA) is 76.1 Å². The van der Waals surface area contributed by atoms with Crippen molar-refractivity contribution in [3.05, 3.63) is 0 Å². The van der Waals surface area contributed by atoms with Crippen molar-refractivity contribution in [3.63, 3.8) is 0 Å². The lowest BCUT2D eigenvalue weighted by molar-refractivity contribution is -0.175. The molecule has 0 aliphatic carbocycles. The number of carbonyl (C=O) groups excluding carboxylic acids is 2. The zero-order valence-electron chi connectivity index (χ0n) is 29.4. The second-order valence-electron chi connectivity index (χ2n) is 13.0. The average Bonchev–Trinajstić information content (AvgIpc) is 3.01. The molecule has 6 nitrogen and oxygen atoms in total. The van der Waals surface area contributed by atoms with Gasteiger partial charge < -0.3 is 19.5 Å². The molecule has 2 atom stereocenters. The number of unbranched alkanes of at least 4 members (excludes halogenated alkanes) is 15. The highest BCUT2D eigenvalue weighted by molar-refractivity contribution is 5.99. The van der Waals surface area contributed by atoms with Crippen molar-refractivity contribution in [1.29, 1.82) is 0 Å². The number of carbonyl (C=O) groups is 2. The molecule has 0 aliphatic rings. The first-order chi connectivity index (χ1) is 20.9. The number of hydrogen-bond donors (Lipinski definition) is 1. The van der Waals surface area contributed by atoms with Gasteiger partial charge in [-0.25, -0.2) is 0 Å². The maximum Gasteiger partial charge on any atom is 0.323 e. The van der Waals surface area contributed by atoms with E-state index in [0.29, 0.717) is 13.0 Å². The summed E-state index contributed by atoms with van der Waals surface area (Å²) in [5, 5.41) is 9.35. The number of esters is 2. The zero-order valence-corrected chi connectivity index (χ0v) is 29.4. The quantitative estimate of drug-likeness (QED) is 0.0463. The summed E-state index contributed by atoms with van der Waals surface area (Å²) >= 11 is 0. The van der Waals surface area contributed by atoms with E-state index >= 15 is 0 Å². The van der Waals surface area contributed by atoms with Gasteiger partial charge in [-0.2, -0.15) is 0 Å². The van der Waals surface area contributed by atoms with Crippen LogP contribution in [-0.4, -0.2) is 60.9 Å². The Bertz CT molecular complexity index is 642. The molecule has 0 aromatic carbocycles. The Morgan fingerprint density at radius 3 is 1.67 bits per heavy atom. The van der Waals surface area contributed by atoms with Crippen molar-refractivity contribution in [2.75, 3.05) is 32.8 Å². The summed E-state index contributed by atoms with van der Waals surface area (Å²) < 4.78 is 11.6. The molecule has 0 saturated heterocycles. The number of hydrogen-bond acceptors (Lipinski definition) is 6. The lowest BCUT2D eigenvalue weighted by atomic mass is 9.84. The van der Waals surface area contributed by atoms with Gasteiger partial charge in [0, 0.05) is 13.2 Å². The van der Waals surface area contributed by atoms with Crippen LogP contribution in [0.2, 0.25) is 0 Å². The van der Waals surface area contributed by atoms with E-state index in [0.717, 1.165) is 110 Å². The van der Waals surface area contributed by atoms with E-state index in [1.807, 2.05) is 6.92 Å². The first-order valence-corrected chi connectivity index (χ1v) is 18.6. The van der Waals surface area contributed by atoms with Gasteiger partial charge in [0.1, 0.15) is 6.10 Å². The summed E-state index contributed by atoms with van der Waals surface area (Å²) in [4.78, 5) is 29.2. The highest BCUT2D eigenvalue weighted by Gasteiger charge is 2.44. The largest absolute Gasteiger partial charge is 0.465 e. The minimum absolute atomic E-state index is 0.137. The highest BCUT2D eigenvalue weighted by Crippen LogP contribution is 2.30. The molecule has 0 aliphatic heterocycles. The molecule has 0 aromatic heterocycles. The summed E-state index contributed by atoms with van der Waals surface area (Å²) in [5.74, 6) is -0.826. The molecule has 6 heteroatoms. The number of aliphatic hydroxyl groups is 1. The van der Waals surface area contributed by atoms with Crippen molar-refractivity contribution in [3.8, 4) is 0 Å². The summed E-state index contributed by atoms with van der Waals surface area (Å²) in [6.45, 7) is 14.1. The smallest absolute Gasteiger partial charge is 0.323 e. The van der Waals surface area contributed by atoms with E-state index in [-0.39, 0.29) is 12.7 Å². The second kappa shape index (κ2) is 29.6. The van der Waals surface area contributed by atoms with Crippen molar-refractivity contribution in [2.45, 2.75) is 188 Å². The van der Waals surface area contributed by atoms with Crippen LogP contribution in [0.25, 0.3) is 0 Å². The molecule has 0 amide bonds. The standard InChI is InChI=1S/C37H73NO5/c1-6-10-13-15-16-17-19-23-29-38(31-26-32-39)30-24-20-18-22-28-37(5,35(40)42-33-25-14-11-7-2)36(41)43-34(9-4)27-21-12-8-3/h34,39H,6-33H2,1-5H3. The van der Waals surface area contributed by atoms with Gasteiger partial charge in [-0.15, -0.1) is 0 Å². The number of rotatable bonds is 32. The Morgan fingerprint density at radius 1 is 0.628 bits per heavy atom. The van der Waals surface area contributed by atoms with Gasteiger partial charge in [0.15, 0.2) is 5.41 Å². The van der Waals surface area contributed by atoms with E-state index in [4.69, 9.17) is 9.47 Å². The van der Waals surface area contributed by atoms with Crippen LogP contribution in [0.15, 0.2) is 0 Å². The fraction of sp³-hybridized carbons (Fsp3) is 0.946. The Labute approximate surface area is 267 Å². The molecule has 0 aromatic rings. The van der Waals surface area contributed by atoms with Crippen LogP contribution in [0.3, 0.4) is 0 Å². The molecule has 256 valence electrons. The Kier molecular flexibility index (Phi) is 28.8. The van der Waals surface area contributed by atoms with E-state index < -0.39 is 17.4 Å². The van der Waals surface area contributed by atoms with Gasteiger partial charge in [-0.3, -0.25) is 9.59 Å². The van der Waals surface area contributed by atoms with E-state index in [1.54, 1.807) is 6.92 Å². The Balaban J connectivity index is 4.77. The van der Waals surface area contributed by atoms with Crippen molar-refractivity contribution >= 4 is 11.9 Å². The zero-order chi connectivity index (χ0) is 32.0. The van der Waals surface area contributed by atoms with Gasteiger partial charge in [0.05, 0.1) is 6.61 Å². The summed E-state index contributed by atoms with van der Waals surface area (Å²) in [5.41, 5.74) is -1.24. The van der Waals surface area contributed by atoms with Crippen LogP contribution in [-0.2, 0) is 19.1 Å². The summed E-state index contributed by atoms with van der Waals surface area (Å²) in [6.07, 6.45) is 24.8. The number of nitrogens with zero attached hydrogens (tertiary/aromatic N) is 1. The van der Waals surface area contributed by atoms with Crippen LogP contribution in [0.4, 0.5) is 0 Å². The fourth-order valence-corrected chi connectivity index (χ4v) is 5.66. The molecule has 0 radical (unpaired) electrons. The Morgan fingerprint density at radius 2 is 1.12 bits per heavy atom. The molecule has 0 spiro atoms. The van der Waals surface area contributed by atoms with Gasteiger partial charge >= 0.3 is 11.9 Å². The molecule has 43 heavy (non-hydrogen) atoms. The van der Waals surface area contributed by atoms with Crippen LogP contribution in [0.1, 0.15) is 182 Å². The molecule has 2 unspecified atom stereocenters. The molecule has 0 rings (SSSR count). The highest BCUT2D eigenvalue weighted by atomic mass is 16.6. The van der Waals surface area contributed by atoms with Crippen LogP contribution in [0.5, 0.6) is 0 Å². The summed E-state index contributed by atoms with van der Waals surface area (Å²) in [7, 11) is 0. The lowest BCUT2D eigenvalue weighted by Crippen LogP contribution is -2.41.